The molecule has 2 amide bonds. The second-order valence-corrected chi connectivity index (χ2v) is 9.21. The minimum atomic E-state index is -1.03. The number of fused-ring (bicyclic) bond motifs is 3. The van der Waals surface area contributed by atoms with E-state index in [1.807, 2.05) is 48.5 Å². The highest BCUT2D eigenvalue weighted by Gasteiger charge is 2.59. The summed E-state index contributed by atoms with van der Waals surface area (Å²) in [7, 11) is 0. The van der Waals surface area contributed by atoms with Crippen LogP contribution in [0.25, 0.3) is 10.6 Å². The maximum Gasteiger partial charge on any atom is 0.275 e. The van der Waals surface area contributed by atoms with Crippen molar-refractivity contribution in [2.24, 2.45) is 0 Å². The molecule has 0 spiro atoms. The Balaban J connectivity index is 1.50. The van der Waals surface area contributed by atoms with Crippen molar-refractivity contribution in [1.29, 1.82) is 0 Å². The van der Waals surface area contributed by atoms with Crippen LogP contribution in [0.1, 0.15) is 32.0 Å². The number of hydrogen-bond acceptors (Lipinski definition) is 5. The number of aromatic nitrogens is 2. The fourth-order valence-corrected chi connectivity index (χ4v) is 5.79. The molecule has 0 saturated carbocycles. The van der Waals surface area contributed by atoms with Gasteiger partial charge in [0.2, 0.25) is 0 Å². The number of benzene rings is 2. The topological polar surface area (TPSA) is 66.4 Å². The lowest BCUT2D eigenvalue weighted by Crippen LogP contribution is -2.51. The van der Waals surface area contributed by atoms with E-state index in [0.717, 1.165) is 21.7 Å². The highest BCUT2D eigenvalue weighted by atomic mass is 35.5. The summed E-state index contributed by atoms with van der Waals surface area (Å²) in [6, 6.07) is 18.6. The van der Waals surface area contributed by atoms with Gasteiger partial charge in [0.05, 0.1) is 0 Å². The van der Waals surface area contributed by atoms with Gasteiger partial charge in [0.25, 0.3) is 11.8 Å². The summed E-state index contributed by atoms with van der Waals surface area (Å²) >= 11 is 7.58. The van der Waals surface area contributed by atoms with Crippen molar-refractivity contribution in [2.45, 2.75) is 5.66 Å². The number of carbonyl (C=O) groups excluding carboxylic acids is 2. The van der Waals surface area contributed by atoms with Gasteiger partial charge in [-0.05, 0) is 30.3 Å². The Morgan fingerprint density at radius 2 is 1.76 bits per heavy atom. The summed E-state index contributed by atoms with van der Waals surface area (Å²) in [5.41, 5.74) is 2.47. The van der Waals surface area contributed by atoms with E-state index in [0.29, 0.717) is 29.4 Å². The van der Waals surface area contributed by atoms with Gasteiger partial charge in [-0.3, -0.25) is 14.6 Å². The summed E-state index contributed by atoms with van der Waals surface area (Å²) in [4.78, 5) is 39.5. The van der Waals surface area contributed by atoms with Gasteiger partial charge >= 0.3 is 0 Å². The first kappa shape index (κ1) is 20.1. The SMILES string of the molecule is O=C(c1csc(-c2ccncc2)n1)N1CCN2C(=O)c3ccccc3C12c1ccc(Cl)cc1. The average Bonchev–Trinajstić information content (AvgIpc) is 3.55. The summed E-state index contributed by atoms with van der Waals surface area (Å²) < 4.78 is 0. The fourth-order valence-electron chi connectivity index (χ4n) is 4.86. The number of hydrogen-bond donors (Lipinski definition) is 0. The molecule has 2 aliphatic heterocycles. The first-order chi connectivity index (χ1) is 16.1. The lowest BCUT2D eigenvalue weighted by molar-refractivity contribution is 0.0372. The van der Waals surface area contributed by atoms with Crippen LogP contribution in [0.5, 0.6) is 0 Å². The Morgan fingerprint density at radius 3 is 2.55 bits per heavy atom. The molecule has 2 aliphatic rings. The molecule has 1 atom stereocenters. The van der Waals surface area contributed by atoms with E-state index in [1.165, 1.54) is 11.3 Å². The molecule has 2 aromatic carbocycles. The monoisotopic (exact) mass is 472 g/mol. The van der Waals surface area contributed by atoms with Gasteiger partial charge in [-0.1, -0.05) is 41.9 Å². The molecule has 0 N–H and O–H groups in total. The summed E-state index contributed by atoms with van der Waals surface area (Å²) in [5, 5.41) is 3.12. The van der Waals surface area contributed by atoms with Crippen LogP contribution in [-0.4, -0.2) is 44.7 Å². The minimum absolute atomic E-state index is 0.0772. The molecule has 8 heteroatoms. The Morgan fingerprint density at radius 1 is 1.00 bits per heavy atom. The first-order valence-electron chi connectivity index (χ1n) is 10.5. The van der Waals surface area contributed by atoms with E-state index >= 15 is 0 Å². The average molecular weight is 473 g/mol. The Labute approximate surface area is 199 Å². The number of amides is 2. The maximum atomic E-state index is 13.9. The van der Waals surface area contributed by atoms with Crippen LogP contribution in [-0.2, 0) is 5.66 Å². The summed E-state index contributed by atoms with van der Waals surface area (Å²) in [5.74, 6) is -0.292. The second-order valence-electron chi connectivity index (χ2n) is 7.91. The summed E-state index contributed by atoms with van der Waals surface area (Å²) in [6.07, 6.45) is 3.40. The predicted octanol–water partition coefficient (Wildman–Crippen LogP) is 4.67. The number of thiazole rings is 1. The van der Waals surface area contributed by atoms with Gasteiger partial charge in [-0.15, -0.1) is 11.3 Å². The van der Waals surface area contributed by atoms with Crippen molar-refractivity contribution in [3.05, 3.63) is 106 Å². The molecule has 1 saturated heterocycles. The molecule has 4 heterocycles. The van der Waals surface area contributed by atoms with E-state index in [2.05, 4.69) is 9.97 Å². The largest absolute Gasteiger partial charge is 0.306 e. The number of nitrogens with zero attached hydrogens (tertiary/aromatic N) is 4. The molecular weight excluding hydrogens is 456 g/mol. The number of halogens is 1. The van der Waals surface area contributed by atoms with Gasteiger partial charge < -0.3 is 9.80 Å². The zero-order valence-electron chi connectivity index (χ0n) is 17.3. The van der Waals surface area contributed by atoms with Crippen LogP contribution in [0.2, 0.25) is 5.02 Å². The number of pyridine rings is 1. The lowest BCUT2D eigenvalue weighted by atomic mass is 9.89. The Bertz CT molecular complexity index is 1390. The number of rotatable bonds is 3. The second kappa shape index (κ2) is 7.50. The van der Waals surface area contributed by atoms with Gasteiger partial charge in [-0.2, -0.15) is 0 Å². The quantitative estimate of drug-likeness (QED) is 0.434. The van der Waals surface area contributed by atoms with E-state index < -0.39 is 5.66 Å². The molecule has 162 valence electrons. The van der Waals surface area contributed by atoms with Gasteiger partial charge in [-0.25, -0.2) is 4.98 Å². The molecular formula is C25H17ClN4O2S. The molecule has 2 aromatic heterocycles. The Kier molecular flexibility index (Phi) is 4.57. The molecule has 4 aromatic rings. The molecule has 1 fully saturated rings. The van der Waals surface area contributed by atoms with Crippen molar-refractivity contribution < 1.29 is 9.59 Å². The molecule has 6 rings (SSSR count). The van der Waals surface area contributed by atoms with Crippen LogP contribution in [0.3, 0.4) is 0 Å². The van der Waals surface area contributed by atoms with E-state index in [9.17, 15) is 9.59 Å². The van der Waals surface area contributed by atoms with Crippen LogP contribution in [0, 0.1) is 0 Å². The molecule has 1 unspecified atom stereocenters. The predicted molar refractivity (Wildman–Crippen MR) is 126 cm³/mol. The van der Waals surface area contributed by atoms with Crippen molar-refractivity contribution in [2.75, 3.05) is 13.1 Å². The van der Waals surface area contributed by atoms with Crippen LogP contribution < -0.4 is 0 Å². The maximum absolute atomic E-state index is 13.9. The third-order valence-electron chi connectivity index (χ3n) is 6.25. The van der Waals surface area contributed by atoms with Crippen molar-refractivity contribution in [3.8, 4) is 10.6 Å². The third-order valence-corrected chi connectivity index (χ3v) is 7.39. The smallest absolute Gasteiger partial charge is 0.275 e. The highest BCUT2D eigenvalue weighted by Crippen LogP contribution is 2.50. The molecule has 0 aliphatic carbocycles. The van der Waals surface area contributed by atoms with Gasteiger partial charge in [0.1, 0.15) is 10.7 Å². The van der Waals surface area contributed by atoms with E-state index in [1.54, 1.807) is 39.7 Å². The number of carbonyl (C=O) groups is 2. The van der Waals surface area contributed by atoms with Crippen LogP contribution >= 0.6 is 22.9 Å². The highest BCUT2D eigenvalue weighted by molar-refractivity contribution is 7.13. The van der Waals surface area contributed by atoms with Crippen molar-refractivity contribution in [3.63, 3.8) is 0 Å². The van der Waals surface area contributed by atoms with Crippen molar-refractivity contribution in [1.82, 2.24) is 19.8 Å². The first-order valence-corrected chi connectivity index (χ1v) is 11.7. The minimum Gasteiger partial charge on any atom is -0.306 e. The van der Waals surface area contributed by atoms with Crippen LogP contribution in [0.15, 0.2) is 78.4 Å². The fraction of sp³-hybridized carbons (Fsp3) is 0.120. The van der Waals surface area contributed by atoms with Crippen molar-refractivity contribution >= 4 is 34.8 Å². The molecule has 33 heavy (non-hydrogen) atoms. The molecule has 6 nitrogen and oxygen atoms in total. The molecule has 0 bridgehead atoms. The normalized spacial score (nSPS) is 19.0. The Hall–Kier alpha value is -3.55. The van der Waals surface area contributed by atoms with E-state index in [-0.39, 0.29) is 11.8 Å². The lowest BCUT2D eigenvalue weighted by Gasteiger charge is -2.40. The van der Waals surface area contributed by atoms with Gasteiger partial charge in [0.15, 0.2) is 5.66 Å². The third kappa shape index (κ3) is 2.86. The van der Waals surface area contributed by atoms with Crippen LogP contribution in [0.4, 0.5) is 0 Å². The standard InChI is InChI=1S/C25H17ClN4O2S/c26-18-7-5-17(6-8-18)25-20-4-2-1-3-19(20)23(31)29(25)13-14-30(25)24(32)21-15-33-22(28-21)16-9-11-27-12-10-16/h1-12,15H,13-14H2. The van der Waals surface area contributed by atoms with Gasteiger partial charge in [0, 0.05) is 58.1 Å². The zero-order valence-corrected chi connectivity index (χ0v) is 18.9. The zero-order chi connectivity index (χ0) is 22.6. The van der Waals surface area contributed by atoms with E-state index in [4.69, 9.17) is 11.6 Å². The molecule has 0 radical (unpaired) electrons. The summed E-state index contributed by atoms with van der Waals surface area (Å²) in [6.45, 7) is 0.840.